The van der Waals surface area contributed by atoms with E-state index in [9.17, 15) is 18.8 Å². The molecule has 2 fully saturated rings. The third-order valence-corrected chi connectivity index (χ3v) is 5.97. The van der Waals surface area contributed by atoms with Gasteiger partial charge in [0.25, 0.3) is 12.3 Å². The van der Waals surface area contributed by atoms with Gasteiger partial charge in [-0.05, 0) is 50.9 Å². The summed E-state index contributed by atoms with van der Waals surface area (Å²) in [6.45, 7) is 2.18. The van der Waals surface area contributed by atoms with E-state index >= 15 is 0 Å². The number of aromatic nitrogens is 3. The van der Waals surface area contributed by atoms with Crippen molar-refractivity contribution in [3.05, 3.63) is 35.8 Å². The molecule has 4 rings (SSSR count). The molecule has 10 heteroatoms. The molecule has 2 aromatic rings. The van der Waals surface area contributed by atoms with Gasteiger partial charge in [0, 0.05) is 12.2 Å². The number of nitrogens with one attached hydrogen (secondary N) is 1. The first-order valence-corrected chi connectivity index (χ1v) is 10.00. The molecular weight excluding hydrogens is 392 g/mol. The number of amides is 1. The number of halogens is 2. The molecule has 1 aliphatic heterocycles. The van der Waals surface area contributed by atoms with Crippen LogP contribution in [0.15, 0.2) is 24.5 Å². The predicted octanol–water partition coefficient (Wildman–Crippen LogP) is 3.00. The molecule has 0 unspecified atom stereocenters. The Labute approximate surface area is 172 Å². The van der Waals surface area contributed by atoms with E-state index in [1.807, 2.05) is 0 Å². The maximum absolute atomic E-state index is 12.7. The number of hydrogen-bond donors (Lipinski definition) is 2. The van der Waals surface area contributed by atoms with Gasteiger partial charge < -0.3 is 16.0 Å². The molecule has 0 aromatic carbocycles. The molecule has 2 aromatic heterocycles. The Hall–Kier alpha value is -3.06. The predicted molar refractivity (Wildman–Crippen MR) is 105 cm³/mol. The number of hydrogen-bond acceptors (Lipinski definition) is 6. The number of anilines is 2. The molecule has 158 valence electrons. The number of nitrogens with two attached hydrogens (primary N) is 1. The Morgan fingerprint density at radius 1 is 1.33 bits per heavy atom. The minimum atomic E-state index is -2.66. The summed E-state index contributed by atoms with van der Waals surface area (Å²) in [4.78, 5) is 18.0. The minimum Gasteiger partial charge on any atom is -0.365 e. The van der Waals surface area contributed by atoms with Crippen molar-refractivity contribution in [2.24, 2.45) is 11.7 Å². The highest BCUT2D eigenvalue weighted by atomic mass is 19.3. The van der Waals surface area contributed by atoms with E-state index in [4.69, 9.17) is 5.73 Å². The first-order chi connectivity index (χ1) is 14.5. The molecule has 0 spiro atoms. The summed E-state index contributed by atoms with van der Waals surface area (Å²) in [5, 5.41) is 17.1. The van der Waals surface area contributed by atoms with Crippen molar-refractivity contribution in [2.75, 3.05) is 18.4 Å². The van der Waals surface area contributed by atoms with Crippen molar-refractivity contribution in [3.63, 3.8) is 0 Å². The van der Waals surface area contributed by atoms with Crippen LogP contribution in [0.3, 0.4) is 0 Å². The zero-order valence-corrected chi connectivity index (χ0v) is 16.3. The van der Waals surface area contributed by atoms with Gasteiger partial charge in [-0.25, -0.2) is 8.78 Å². The van der Waals surface area contributed by atoms with Crippen LogP contribution < -0.4 is 11.1 Å². The third-order valence-electron chi connectivity index (χ3n) is 5.97. The summed E-state index contributed by atoms with van der Waals surface area (Å²) >= 11 is 0. The Morgan fingerprint density at radius 2 is 2.13 bits per heavy atom. The van der Waals surface area contributed by atoms with Crippen LogP contribution in [-0.2, 0) is 0 Å². The maximum atomic E-state index is 12.7. The number of rotatable bonds is 6. The Balaban J connectivity index is 1.54. The van der Waals surface area contributed by atoms with Gasteiger partial charge in [-0.1, -0.05) is 0 Å². The van der Waals surface area contributed by atoms with E-state index in [-0.39, 0.29) is 29.0 Å². The number of nitriles is 1. The molecule has 0 radical (unpaired) electrons. The van der Waals surface area contributed by atoms with E-state index in [2.05, 4.69) is 26.4 Å². The van der Waals surface area contributed by atoms with Crippen LogP contribution in [0.25, 0.3) is 0 Å². The number of pyridine rings is 1. The van der Waals surface area contributed by atoms with Crippen molar-refractivity contribution < 1.29 is 13.6 Å². The molecule has 30 heavy (non-hydrogen) atoms. The number of carbonyl (C=O) groups excluding carboxylic acids is 1. The molecule has 2 aliphatic rings. The highest BCUT2D eigenvalue weighted by Crippen LogP contribution is 2.37. The lowest BCUT2D eigenvalue weighted by atomic mass is 9.81. The normalized spacial score (nSPS) is 24.3. The van der Waals surface area contributed by atoms with Gasteiger partial charge in [0.15, 0.2) is 5.82 Å². The van der Waals surface area contributed by atoms with Crippen molar-refractivity contribution in [1.29, 1.82) is 5.26 Å². The van der Waals surface area contributed by atoms with Crippen molar-refractivity contribution >= 4 is 17.4 Å². The Morgan fingerprint density at radius 3 is 2.70 bits per heavy atom. The van der Waals surface area contributed by atoms with Crippen LogP contribution in [0.1, 0.15) is 54.2 Å². The molecule has 3 N–H and O–H groups in total. The molecule has 1 saturated heterocycles. The van der Waals surface area contributed by atoms with E-state index in [0.29, 0.717) is 11.7 Å². The number of nitrogens with zero attached hydrogens (tertiary/aromatic N) is 5. The van der Waals surface area contributed by atoms with Crippen molar-refractivity contribution in [2.45, 2.75) is 44.2 Å². The average molecular weight is 415 g/mol. The Bertz CT molecular complexity index is 949. The fourth-order valence-electron chi connectivity index (χ4n) is 4.20. The molecule has 1 saturated carbocycles. The molecule has 1 aliphatic carbocycles. The lowest BCUT2D eigenvalue weighted by Crippen LogP contribution is -2.48. The van der Waals surface area contributed by atoms with Crippen LogP contribution in [0.2, 0.25) is 0 Å². The zero-order valence-electron chi connectivity index (χ0n) is 16.3. The fourth-order valence-corrected chi connectivity index (χ4v) is 4.20. The lowest BCUT2D eigenvalue weighted by molar-refractivity contribution is 0.0649. The Kier molecular flexibility index (Phi) is 5.63. The second-order valence-electron chi connectivity index (χ2n) is 7.79. The van der Waals surface area contributed by atoms with E-state index in [0.717, 1.165) is 32.4 Å². The van der Waals surface area contributed by atoms with Gasteiger partial charge in [-0.15, -0.1) is 0 Å². The van der Waals surface area contributed by atoms with Crippen LogP contribution >= 0.6 is 0 Å². The standard InChI is InChI=1S/C20H23F2N7O/c21-18(22)16-4-2-13(10-25-16)26-20-15(19(24)30)11-29(27-20)17-5-3-14(8-12(17)9-23)28-6-1-7-28/h2,4,10-12,14,17-18H,1,3,5-8H2,(H2,24,30)(H,26,27)/t12-,14-,17+/m1/s1. The second-order valence-corrected chi connectivity index (χ2v) is 7.79. The minimum absolute atomic E-state index is 0.152. The quantitative estimate of drug-likeness (QED) is 0.750. The van der Waals surface area contributed by atoms with Crippen molar-refractivity contribution in [1.82, 2.24) is 19.7 Å². The number of alkyl halides is 2. The van der Waals surface area contributed by atoms with Gasteiger partial charge in [0.05, 0.1) is 29.9 Å². The van der Waals surface area contributed by atoms with E-state index in [1.54, 1.807) is 10.9 Å². The summed E-state index contributed by atoms with van der Waals surface area (Å²) in [6, 6.07) is 5.32. The monoisotopic (exact) mass is 415 g/mol. The SMILES string of the molecule is N#C[C@H]1C[C@H](N2CCC2)CC[C@@H]1n1cc(C(N)=O)c(Nc2ccc(C(F)F)nc2)n1. The van der Waals surface area contributed by atoms with Crippen LogP contribution in [0.5, 0.6) is 0 Å². The fraction of sp³-hybridized carbons (Fsp3) is 0.500. The lowest BCUT2D eigenvalue weighted by Gasteiger charge is -2.43. The van der Waals surface area contributed by atoms with Crippen LogP contribution in [-0.4, -0.2) is 44.7 Å². The molecule has 1 amide bonds. The summed E-state index contributed by atoms with van der Waals surface area (Å²) in [7, 11) is 0. The topological polar surface area (TPSA) is 113 Å². The van der Waals surface area contributed by atoms with Crippen LogP contribution in [0.4, 0.5) is 20.3 Å². The first kappa shape index (κ1) is 20.2. The number of carbonyl (C=O) groups is 1. The first-order valence-electron chi connectivity index (χ1n) is 10.00. The highest BCUT2D eigenvalue weighted by molar-refractivity contribution is 5.98. The van der Waals surface area contributed by atoms with Crippen LogP contribution in [0, 0.1) is 17.2 Å². The summed E-state index contributed by atoms with van der Waals surface area (Å²) in [5.41, 5.74) is 5.76. The largest absolute Gasteiger partial charge is 0.365 e. The van der Waals surface area contributed by atoms with Gasteiger partial charge >= 0.3 is 0 Å². The van der Waals surface area contributed by atoms with E-state index < -0.39 is 12.3 Å². The van der Waals surface area contributed by atoms with Gasteiger partial charge in [-0.3, -0.25) is 14.5 Å². The molecule has 0 bridgehead atoms. The summed E-state index contributed by atoms with van der Waals surface area (Å²) in [6.07, 6.45) is 3.88. The average Bonchev–Trinajstić information content (AvgIpc) is 3.11. The molecule has 3 atom stereocenters. The number of primary amides is 1. The smallest absolute Gasteiger partial charge is 0.280 e. The summed E-state index contributed by atoms with van der Waals surface area (Å²) < 4.78 is 27.0. The van der Waals surface area contributed by atoms with E-state index in [1.165, 1.54) is 24.8 Å². The van der Waals surface area contributed by atoms with Crippen molar-refractivity contribution in [3.8, 4) is 6.07 Å². The van der Waals surface area contributed by atoms with Gasteiger partial charge in [0.2, 0.25) is 0 Å². The number of likely N-dealkylation sites (tertiary alicyclic amines) is 1. The third kappa shape index (κ3) is 3.98. The molecule has 8 nitrogen and oxygen atoms in total. The maximum Gasteiger partial charge on any atom is 0.280 e. The zero-order chi connectivity index (χ0) is 21.3. The molecular formula is C20H23F2N7O. The second kappa shape index (κ2) is 8.36. The van der Waals surface area contributed by atoms with Gasteiger partial charge in [0.1, 0.15) is 11.3 Å². The van der Waals surface area contributed by atoms with Gasteiger partial charge in [-0.2, -0.15) is 10.4 Å². The summed E-state index contributed by atoms with van der Waals surface area (Å²) in [5.74, 6) is -0.663. The highest BCUT2D eigenvalue weighted by Gasteiger charge is 2.37. The molecule has 3 heterocycles.